The first-order valence-corrected chi connectivity index (χ1v) is 24.4. The summed E-state index contributed by atoms with van der Waals surface area (Å²) in [7, 11) is 1.95. The molecule has 3 N–H and O–H groups in total. The summed E-state index contributed by atoms with van der Waals surface area (Å²) >= 11 is 0. The Bertz CT molecular complexity index is 3530. The summed E-state index contributed by atoms with van der Waals surface area (Å²) in [6.45, 7) is 1.18. The van der Waals surface area contributed by atoms with Crippen LogP contribution in [0, 0.1) is 17.8 Å². The lowest BCUT2D eigenvalue weighted by molar-refractivity contribution is 0.0710. The van der Waals surface area contributed by atoms with Gasteiger partial charge in [-0.1, -0.05) is 48.5 Å². The van der Waals surface area contributed by atoms with Crippen molar-refractivity contribution in [3.05, 3.63) is 178 Å². The fourth-order valence-corrected chi connectivity index (χ4v) is 13.9. The maximum atomic E-state index is 12.3. The van der Waals surface area contributed by atoms with Crippen LogP contribution in [0.25, 0.3) is 33.8 Å². The van der Waals surface area contributed by atoms with Crippen LogP contribution in [0.5, 0.6) is 0 Å². The molecule has 15 nitrogen and oxygen atoms in total. The normalized spacial score (nSPS) is 25.6. The maximum Gasteiger partial charge on any atom is 0.0956 e. The van der Waals surface area contributed by atoms with Gasteiger partial charge in [-0.2, -0.15) is 15.3 Å². The van der Waals surface area contributed by atoms with Crippen molar-refractivity contribution in [2.45, 2.75) is 88.1 Å². The van der Waals surface area contributed by atoms with Gasteiger partial charge in [0, 0.05) is 75.3 Å². The van der Waals surface area contributed by atoms with E-state index in [9.17, 15) is 15.3 Å². The molecule has 0 unspecified atom stereocenters. The molecule has 0 saturated heterocycles. The van der Waals surface area contributed by atoms with Gasteiger partial charge in [0.25, 0.3) is 0 Å². The van der Waals surface area contributed by atoms with Crippen LogP contribution in [0.3, 0.4) is 0 Å². The van der Waals surface area contributed by atoms with E-state index in [1.807, 2.05) is 67.9 Å². The minimum Gasteiger partial charge on any atom is -0.388 e. The molecule has 69 heavy (non-hydrogen) atoms. The van der Waals surface area contributed by atoms with Crippen molar-refractivity contribution in [3.8, 4) is 33.8 Å². The van der Waals surface area contributed by atoms with Crippen molar-refractivity contribution in [1.82, 2.24) is 58.0 Å². The van der Waals surface area contributed by atoms with Gasteiger partial charge in [0.15, 0.2) is 0 Å². The molecule has 9 aromatic rings. The Balaban J connectivity index is 0.667. The maximum absolute atomic E-state index is 12.3. The standard InChI is InChI=1S/C54H50N12O3/c1-61-43-13-10-35(52(67)40(43)18-58-61)50-33-8-6-29(16-38(33)47-22-56-27-63(47)50)25-66-45-15-12-37(54(69)42(45)20-60-66)51-34-9-7-30(17-39(34)48-23-57-28-64(48)51)24-65-44-14-11-36(53(68)41(44)19-59-65)49-32-5-3-2-4-31(32)46-21-55-26-62(46)49/h2-9,16-23,26-28,35-37,49-54,67-69H,10-15,24-25H2,1H3/t35-,36+,37+,49-,50-,51-,52-,53-,54+/m0/s1. The number of aromatic nitrogens is 12. The molecule has 0 fully saturated rings. The highest BCUT2D eigenvalue weighted by Gasteiger charge is 2.45. The van der Waals surface area contributed by atoms with Crippen molar-refractivity contribution < 1.29 is 15.3 Å². The lowest BCUT2D eigenvalue weighted by Crippen LogP contribution is -2.29. The van der Waals surface area contributed by atoms with Crippen molar-refractivity contribution in [2.75, 3.05) is 0 Å². The SMILES string of the molecule is Cn1ncc2c1CC[C@@H]([C@@H]1c3ccc(Cn4ncc5c4CC[C@H]([C@@H]4c6ccc(Cn7ncc8c7CC[C@H]([C@@H]7c9ccccc9-c9cncn97)[C@@H]8O)cc6-c6cncn64)[C@H]5O)cc3-c3cncn31)[C@@H]2O. The van der Waals surface area contributed by atoms with Crippen LogP contribution in [-0.2, 0) is 39.4 Å². The summed E-state index contributed by atoms with van der Waals surface area (Å²) in [5, 5.41) is 50.1. The van der Waals surface area contributed by atoms with Gasteiger partial charge in [0.2, 0.25) is 0 Å². The number of aliphatic hydroxyl groups excluding tert-OH is 3. The van der Waals surface area contributed by atoms with Crippen molar-refractivity contribution >= 4 is 0 Å². The molecule has 0 saturated carbocycles. The van der Waals surface area contributed by atoms with Gasteiger partial charge < -0.3 is 29.0 Å². The molecule has 0 amide bonds. The number of rotatable bonds is 7. The Morgan fingerprint density at radius 2 is 0.884 bits per heavy atom. The second kappa shape index (κ2) is 14.7. The minimum absolute atomic E-state index is 0.00816. The van der Waals surface area contributed by atoms with Crippen LogP contribution in [0.1, 0.15) is 117 Å². The molecule has 3 aromatic carbocycles. The fourth-order valence-electron chi connectivity index (χ4n) is 13.9. The molecule has 3 aliphatic heterocycles. The molecule has 9 heterocycles. The van der Waals surface area contributed by atoms with Gasteiger partial charge in [-0.15, -0.1) is 0 Å². The zero-order valence-corrected chi connectivity index (χ0v) is 38.0. The van der Waals surface area contributed by atoms with Gasteiger partial charge in [0.05, 0.1) is 123 Å². The average Bonchev–Trinajstić information content (AvgIpc) is 4.23. The van der Waals surface area contributed by atoms with E-state index in [1.165, 1.54) is 22.3 Å². The molecular formula is C54H50N12O3. The number of imidazole rings is 3. The zero-order chi connectivity index (χ0) is 45.8. The number of hydrogen-bond acceptors (Lipinski definition) is 9. The summed E-state index contributed by atoms with van der Waals surface area (Å²) in [5.74, 6) is -0.0479. The lowest BCUT2D eigenvalue weighted by atomic mass is 9.77. The van der Waals surface area contributed by atoms with Crippen molar-refractivity contribution in [1.29, 1.82) is 0 Å². The Morgan fingerprint density at radius 1 is 0.464 bits per heavy atom. The monoisotopic (exact) mass is 914 g/mol. The summed E-state index contributed by atoms with van der Waals surface area (Å²) in [6, 6.07) is 21.9. The number of nitrogens with zero attached hydrogens (tertiary/aromatic N) is 12. The summed E-state index contributed by atoms with van der Waals surface area (Å²) in [4.78, 5) is 13.6. The highest BCUT2D eigenvalue weighted by molar-refractivity contribution is 5.72. The fraction of sp³-hybridized carbons (Fsp3) is 0.333. The molecule has 3 aliphatic carbocycles. The second-order valence-corrected chi connectivity index (χ2v) is 20.3. The van der Waals surface area contributed by atoms with Gasteiger partial charge in [-0.05, 0) is 78.5 Å². The zero-order valence-electron chi connectivity index (χ0n) is 38.0. The Morgan fingerprint density at radius 3 is 1.39 bits per heavy atom. The summed E-state index contributed by atoms with van der Waals surface area (Å²) < 4.78 is 12.8. The van der Waals surface area contributed by atoms with Crippen LogP contribution in [-0.4, -0.2) is 73.3 Å². The third-order valence-electron chi connectivity index (χ3n) is 17.1. The first-order valence-electron chi connectivity index (χ1n) is 24.4. The first-order chi connectivity index (χ1) is 33.9. The minimum atomic E-state index is -0.699. The largest absolute Gasteiger partial charge is 0.388 e. The molecule has 0 radical (unpaired) electrons. The smallest absolute Gasteiger partial charge is 0.0956 e. The van der Waals surface area contributed by atoms with Crippen molar-refractivity contribution in [3.63, 3.8) is 0 Å². The van der Waals surface area contributed by atoms with Crippen LogP contribution < -0.4 is 0 Å². The number of hydrogen-bond donors (Lipinski definition) is 3. The molecule has 15 rings (SSSR count). The quantitative estimate of drug-likeness (QED) is 0.151. The number of benzene rings is 3. The van der Waals surface area contributed by atoms with Crippen LogP contribution in [0.2, 0.25) is 0 Å². The van der Waals surface area contributed by atoms with E-state index in [2.05, 4.69) is 104 Å². The first kappa shape index (κ1) is 39.8. The van der Waals surface area contributed by atoms with Crippen molar-refractivity contribution in [2.24, 2.45) is 24.8 Å². The lowest BCUT2D eigenvalue weighted by Gasteiger charge is -2.34. The van der Waals surface area contributed by atoms with Crippen LogP contribution in [0.15, 0.2) is 117 Å². The highest BCUT2D eigenvalue weighted by Crippen LogP contribution is 2.53. The molecule has 344 valence electrons. The predicted octanol–water partition coefficient (Wildman–Crippen LogP) is 7.10. The van der Waals surface area contributed by atoms with E-state index >= 15 is 0 Å². The Hall–Kier alpha value is -7.20. The van der Waals surface area contributed by atoms with E-state index in [1.54, 1.807) is 0 Å². The summed E-state index contributed by atoms with van der Waals surface area (Å²) in [6.07, 6.45) is 20.2. The molecule has 0 spiro atoms. The van der Waals surface area contributed by atoms with E-state index in [-0.39, 0.29) is 35.9 Å². The van der Waals surface area contributed by atoms with Crippen LogP contribution >= 0.6 is 0 Å². The third kappa shape index (κ3) is 5.60. The van der Waals surface area contributed by atoms with E-state index in [0.717, 1.165) is 112 Å². The average molecular weight is 915 g/mol. The van der Waals surface area contributed by atoms with Gasteiger partial charge in [0.1, 0.15) is 0 Å². The van der Waals surface area contributed by atoms with E-state index in [4.69, 9.17) is 10.2 Å². The number of aryl methyl sites for hydroxylation is 1. The number of fused-ring (bicyclic) bond motifs is 12. The summed E-state index contributed by atoms with van der Waals surface area (Å²) in [5.41, 5.74) is 18.7. The number of aliphatic hydroxyl groups is 3. The molecule has 6 aliphatic rings. The molecular weight excluding hydrogens is 865 g/mol. The third-order valence-corrected chi connectivity index (χ3v) is 17.1. The molecule has 9 atom stereocenters. The Kier molecular flexibility index (Phi) is 8.45. The van der Waals surface area contributed by atoms with Crippen LogP contribution in [0.4, 0.5) is 0 Å². The predicted molar refractivity (Wildman–Crippen MR) is 254 cm³/mol. The van der Waals surface area contributed by atoms with Gasteiger partial charge >= 0.3 is 0 Å². The van der Waals surface area contributed by atoms with Gasteiger partial charge in [-0.3, -0.25) is 14.0 Å². The van der Waals surface area contributed by atoms with E-state index < -0.39 is 18.3 Å². The Labute approximate surface area is 397 Å². The van der Waals surface area contributed by atoms with Gasteiger partial charge in [-0.25, -0.2) is 15.0 Å². The second-order valence-electron chi connectivity index (χ2n) is 20.3. The molecule has 0 bridgehead atoms. The molecule has 6 aromatic heterocycles. The topological polar surface area (TPSA) is 168 Å². The van der Waals surface area contributed by atoms with E-state index in [0.29, 0.717) is 13.1 Å². The highest BCUT2D eigenvalue weighted by atomic mass is 16.3. The molecule has 15 heteroatoms.